The maximum absolute atomic E-state index is 12.6. The first-order valence-corrected chi connectivity index (χ1v) is 9.91. The standard InChI is InChI=1S/C24H23N3O4/c1-15-10-18(23(28)26-13-17-4-2-16(12-25)3-5-17)6-8-20(15)27-24(29)19-7-9-21-22(11-19)31-14-30-21/h2-11H,12-14,25H2,1H3,(H,26,28)(H,27,29). The van der Waals surface area contributed by atoms with Gasteiger partial charge in [-0.2, -0.15) is 0 Å². The van der Waals surface area contributed by atoms with E-state index in [-0.39, 0.29) is 18.6 Å². The van der Waals surface area contributed by atoms with Gasteiger partial charge in [0, 0.05) is 29.9 Å². The lowest BCUT2D eigenvalue weighted by molar-refractivity contribution is 0.0950. The zero-order valence-electron chi connectivity index (χ0n) is 17.1. The van der Waals surface area contributed by atoms with Crippen LogP contribution in [0.1, 0.15) is 37.4 Å². The van der Waals surface area contributed by atoms with Crippen LogP contribution in [-0.4, -0.2) is 18.6 Å². The first-order valence-electron chi connectivity index (χ1n) is 9.91. The Balaban J connectivity index is 1.38. The summed E-state index contributed by atoms with van der Waals surface area (Å²) in [6, 6.07) is 18.0. The average molecular weight is 417 g/mol. The molecule has 3 aromatic carbocycles. The lowest BCUT2D eigenvalue weighted by atomic mass is 10.1. The normalized spacial score (nSPS) is 11.8. The first kappa shape index (κ1) is 20.4. The number of aryl methyl sites for hydroxylation is 1. The maximum Gasteiger partial charge on any atom is 0.255 e. The van der Waals surface area contributed by atoms with Crippen LogP contribution in [0.4, 0.5) is 5.69 Å². The number of carbonyl (C=O) groups excluding carboxylic acids is 2. The highest BCUT2D eigenvalue weighted by Gasteiger charge is 2.17. The van der Waals surface area contributed by atoms with Crippen molar-refractivity contribution in [2.45, 2.75) is 20.0 Å². The Morgan fingerprint density at radius 1 is 0.871 bits per heavy atom. The number of hydrogen-bond donors (Lipinski definition) is 3. The molecule has 7 nitrogen and oxygen atoms in total. The lowest BCUT2D eigenvalue weighted by Gasteiger charge is -2.11. The highest BCUT2D eigenvalue weighted by molar-refractivity contribution is 6.05. The van der Waals surface area contributed by atoms with E-state index in [2.05, 4.69) is 10.6 Å². The topological polar surface area (TPSA) is 103 Å². The molecule has 2 amide bonds. The molecule has 158 valence electrons. The number of amides is 2. The highest BCUT2D eigenvalue weighted by atomic mass is 16.7. The van der Waals surface area contributed by atoms with Crippen molar-refractivity contribution in [1.82, 2.24) is 5.32 Å². The lowest BCUT2D eigenvalue weighted by Crippen LogP contribution is -2.23. The molecule has 1 aliphatic heterocycles. The molecule has 31 heavy (non-hydrogen) atoms. The van der Waals surface area contributed by atoms with Gasteiger partial charge >= 0.3 is 0 Å². The summed E-state index contributed by atoms with van der Waals surface area (Å²) in [4.78, 5) is 25.1. The minimum atomic E-state index is -0.264. The SMILES string of the molecule is Cc1cc(C(=O)NCc2ccc(CN)cc2)ccc1NC(=O)c1ccc2c(c1)OCO2. The maximum atomic E-state index is 12.6. The molecule has 7 heteroatoms. The predicted octanol–water partition coefficient (Wildman–Crippen LogP) is 3.36. The van der Waals surface area contributed by atoms with E-state index < -0.39 is 0 Å². The van der Waals surface area contributed by atoms with Gasteiger partial charge in [0.1, 0.15) is 0 Å². The van der Waals surface area contributed by atoms with E-state index in [1.165, 1.54) is 0 Å². The van der Waals surface area contributed by atoms with Crippen molar-refractivity contribution in [2.75, 3.05) is 12.1 Å². The molecular weight excluding hydrogens is 394 g/mol. The average Bonchev–Trinajstić information content (AvgIpc) is 3.27. The van der Waals surface area contributed by atoms with Gasteiger partial charge in [0.25, 0.3) is 11.8 Å². The Morgan fingerprint density at radius 3 is 2.29 bits per heavy atom. The first-order chi connectivity index (χ1) is 15.0. The molecule has 4 N–H and O–H groups in total. The van der Waals surface area contributed by atoms with Gasteiger partial charge in [0.05, 0.1) is 0 Å². The largest absolute Gasteiger partial charge is 0.454 e. The second-order valence-electron chi connectivity index (χ2n) is 7.26. The predicted molar refractivity (Wildman–Crippen MR) is 117 cm³/mol. The fraction of sp³-hybridized carbons (Fsp3) is 0.167. The number of rotatable bonds is 6. The summed E-state index contributed by atoms with van der Waals surface area (Å²) in [6.07, 6.45) is 0. The third kappa shape index (κ3) is 4.67. The van der Waals surface area contributed by atoms with Gasteiger partial charge in [-0.1, -0.05) is 24.3 Å². The van der Waals surface area contributed by atoms with Crippen molar-refractivity contribution in [2.24, 2.45) is 5.73 Å². The minimum Gasteiger partial charge on any atom is -0.454 e. The summed E-state index contributed by atoms with van der Waals surface area (Å²) in [6.45, 7) is 2.91. The second kappa shape index (κ2) is 8.89. The van der Waals surface area contributed by atoms with E-state index in [0.717, 1.165) is 16.7 Å². The minimum absolute atomic E-state index is 0.155. The molecule has 0 aromatic heterocycles. The summed E-state index contributed by atoms with van der Waals surface area (Å²) < 4.78 is 10.6. The zero-order valence-corrected chi connectivity index (χ0v) is 17.1. The number of nitrogens with two attached hydrogens (primary N) is 1. The Labute approximate surface area is 180 Å². The summed E-state index contributed by atoms with van der Waals surface area (Å²) in [7, 11) is 0. The number of hydrogen-bond acceptors (Lipinski definition) is 5. The molecule has 4 rings (SSSR count). The van der Waals surface area contributed by atoms with Crippen LogP contribution < -0.4 is 25.8 Å². The van der Waals surface area contributed by atoms with Gasteiger partial charge in [-0.25, -0.2) is 0 Å². The monoisotopic (exact) mass is 417 g/mol. The van der Waals surface area contributed by atoms with E-state index >= 15 is 0 Å². The molecule has 0 saturated heterocycles. The highest BCUT2D eigenvalue weighted by Crippen LogP contribution is 2.32. The van der Waals surface area contributed by atoms with Crippen LogP contribution in [0.25, 0.3) is 0 Å². The van der Waals surface area contributed by atoms with Crippen LogP contribution in [0.5, 0.6) is 11.5 Å². The molecule has 0 atom stereocenters. The van der Waals surface area contributed by atoms with E-state index in [0.29, 0.717) is 41.4 Å². The van der Waals surface area contributed by atoms with Crippen molar-refractivity contribution in [3.63, 3.8) is 0 Å². The van der Waals surface area contributed by atoms with Gasteiger partial charge in [-0.05, 0) is 60.0 Å². The number of nitrogens with one attached hydrogen (secondary N) is 2. The van der Waals surface area contributed by atoms with Gasteiger partial charge < -0.3 is 25.8 Å². The fourth-order valence-electron chi connectivity index (χ4n) is 3.26. The van der Waals surface area contributed by atoms with Crippen LogP contribution >= 0.6 is 0 Å². The van der Waals surface area contributed by atoms with Crippen LogP contribution in [0.15, 0.2) is 60.7 Å². The van der Waals surface area contributed by atoms with Crippen molar-refractivity contribution < 1.29 is 19.1 Å². The molecule has 0 fully saturated rings. The Bertz CT molecular complexity index is 1130. The zero-order chi connectivity index (χ0) is 21.8. The summed E-state index contributed by atoms with van der Waals surface area (Å²) in [5, 5.41) is 5.78. The van der Waals surface area contributed by atoms with Gasteiger partial charge in [-0.15, -0.1) is 0 Å². The van der Waals surface area contributed by atoms with Crippen LogP contribution in [0, 0.1) is 6.92 Å². The van der Waals surface area contributed by atoms with Crippen molar-refractivity contribution >= 4 is 17.5 Å². The van der Waals surface area contributed by atoms with E-state index in [4.69, 9.17) is 15.2 Å². The molecule has 0 aliphatic carbocycles. The number of ether oxygens (including phenoxy) is 2. The number of anilines is 1. The number of benzene rings is 3. The van der Waals surface area contributed by atoms with Crippen molar-refractivity contribution in [3.05, 3.63) is 88.5 Å². The van der Waals surface area contributed by atoms with Gasteiger partial charge in [-0.3, -0.25) is 9.59 Å². The Kier molecular flexibility index (Phi) is 5.86. The third-order valence-corrected chi connectivity index (χ3v) is 5.08. The van der Waals surface area contributed by atoms with Gasteiger partial charge in [0.2, 0.25) is 6.79 Å². The quantitative estimate of drug-likeness (QED) is 0.571. The molecule has 0 saturated carbocycles. The van der Waals surface area contributed by atoms with E-state index in [1.807, 2.05) is 31.2 Å². The molecule has 1 aliphatic rings. The smallest absolute Gasteiger partial charge is 0.255 e. The van der Waals surface area contributed by atoms with Crippen molar-refractivity contribution in [1.29, 1.82) is 0 Å². The number of fused-ring (bicyclic) bond motifs is 1. The molecule has 0 unspecified atom stereocenters. The van der Waals surface area contributed by atoms with Crippen LogP contribution in [-0.2, 0) is 13.1 Å². The summed E-state index contributed by atoms with van der Waals surface area (Å²) >= 11 is 0. The van der Waals surface area contributed by atoms with Crippen LogP contribution in [0.3, 0.4) is 0 Å². The summed E-state index contributed by atoms with van der Waals surface area (Å²) in [5.41, 5.74) is 10.1. The molecule has 1 heterocycles. The Morgan fingerprint density at radius 2 is 1.55 bits per heavy atom. The Hall–Kier alpha value is -3.84. The molecular formula is C24H23N3O4. The molecule has 0 spiro atoms. The summed E-state index contributed by atoms with van der Waals surface area (Å²) in [5.74, 6) is 0.728. The molecule has 0 bridgehead atoms. The van der Waals surface area contributed by atoms with Crippen LogP contribution in [0.2, 0.25) is 0 Å². The van der Waals surface area contributed by atoms with Crippen molar-refractivity contribution in [3.8, 4) is 11.5 Å². The second-order valence-corrected chi connectivity index (χ2v) is 7.26. The van der Waals surface area contributed by atoms with E-state index in [1.54, 1.807) is 36.4 Å². The van der Waals surface area contributed by atoms with E-state index in [9.17, 15) is 9.59 Å². The van der Waals surface area contributed by atoms with Gasteiger partial charge in [0.15, 0.2) is 11.5 Å². The fourth-order valence-corrected chi connectivity index (χ4v) is 3.26. The molecule has 3 aromatic rings. The molecule has 0 radical (unpaired) electrons. The third-order valence-electron chi connectivity index (χ3n) is 5.08. The number of carbonyl (C=O) groups is 2.